The molecule has 0 bridgehead atoms. The number of carbonyl (C=O) groups excluding carboxylic acids is 1. The Morgan fingerprint density at radius 3 is 2.88 bits per heavy atom. The quantitative estimate of drug-likeness (QED) is 0.911. The molecule has 1 saturated heterocycles. The summed E-state index contributed by atoms with van der Waals surface area (Å²) in [4.78, 5) is 14.9. The molecule has 1 N–H and O–H groups in total. The largest absolute Gasteiger partial charge is 0.496 e. The van der Waals surface area contributed by atoms with Crippen molar-refractivity contribution in [2.75, 3.05) is 26.7 Å². The maximum atomic E-state index is 12.9. The van der Waals surface area contributed by atoms with E-state index in [-0.39, 0.29) is 11.9 Å². The summed E-state index contributed by atoms with van der Waals surface area (Å²) in [6.07, 6.45) is 1.32. The lowest BCUT2D eigenvalue weighted by Gasteiger charge is -2.37. The van der Waals surface area contributed by atoms with Crippen LogP contribution in [0, 0.1) is 6.92 Å². The number of benzene rings is 2. The first-order chi connectivity index (χ1) is 12.2. The molecule has 25 heavy (non-hydrogen) atoms. The molecule has 0 spiro atoms. The van der Waals surface area contributed by atoms with E-state index in [2.05, 4.69) is 42.6 Å². The second-order valence-corrected chi connectivity index (χ2v) is 6.54. The minimum absolute atomic E-state index is 0.0231. The number of rotatable bonds is 5. The van der Waals surface area contributed by atoms with Crippen molar-refractivity contribution < 1.29 is 9.53 Å². The highest BCUT2D eigenvalue weighted by molar-refractivity contribution is 5.77. The molecular weight excluding hydrogens is 312 g/mol. The summed E-state index contributed by atoms with van der Waals surface area (Å²) in [6.45, 7) is 4.41. The molecule has 132 valence electrons. The Bertz CT molecular complexity index is 729. The number of nitrogens with zero attached hydrogens (tertiary/aromatic N) is 1. The van der Waals surface area contributed by atoms with Crippen molar-refractivity contribution in [3.63, 3.8) is 0 Å². The first-order valence-electron chi connectivity index (χ1n) is 8.87. The van der Waals surface area contributed by atoms with Crippen LogP contribution in [0.1, 0.15) is 29.2 Å². The van der Waals surface area contributed by atoms with Crippen LogP contribution in [0.15, 0.2) is 48.5 Å². The van der Waals surface area contributed by atoms with Crippen LogP contribution in [0.5, 0.6) is 5.75 Å². The van der Waals surface area contributed by atoms with Crippen molar-refractivity contribution in [3.8, 4) is 5.75 Å². The van der Waals surface area contributed by atoms with Crippen molar-refractivity contribution in [3.05, 3.63) is 65.2 Å². The average Bonchev–Trinajstić information content (AvgIpc) is 2.66. The molecular formula is C21H26N2O2. The molecule has 1 aliphatic heterocycles. The molecule has 0 aromatic heterocycles. The number of nitrogens with one attached hydrogen (secondary N) is 1. The van der Waals surface area contributed by atoms with Gasteiger partial charge in [0, 0.05) is 31.6 Å². The van der Waals surface area contributed by atoms with E-state index >= 15 is 0 Å². The van der Waals surface area contributed by atoms with Crippen LogP contribution in [0.2, 0.25) is 0 Å². The van der Waals surface area contributed by atoms with Gasteiger partial charge in [0.15, 0.2) is 0 Å². The molecule has 1 aliphatic rings. The highest BCUT2D eigenvalue weighted by atomic mass is 16.5. The molecule has 4 nitrogen and oxygen atoms in total. The van der Waals surface area contributed by atoms with E-state index in [1.54, 1.807) is 7.11 Å². The molecule has 1 amide bonds. The molecule has 0 aliphatic carbocycles. The van der Waals surface area contributed by atoms with Crippen molar-refractivity contribution in [1.82, 2.24) is 10.2 Å². The highest BCUT2D eigenvalue weighted by Crippen LogP contribution is 2.30. The van der Waals surface area contributed by atoms with Crippen LogP contribution in [-0.2, 0) is 11.2 Å². The fourth-order valence-electron chi connectivity index (χ4n) is 3.48. The lowest BCUT2D eigenvalue weighted by atomic mass is 10.0. The lowest BCUT2D eigenvalue weighted by Crippen LogP contribution is -2.48. The fourth-order valence-corrected chi connectivity index (χ4v) is 3.48. The van der Waals surface area contributed by atoms with E-state index in [9.17, 15) is 4.79 Å². The van der Waals surface area contributed by atoms with Gasteiger partial charge in [0.1, 0.15) is 5.75 Å². The third-order valence-electron chi connectivity index (χ3n) is 4.77. The zero-order chi connectivity index (χ0) is 17.6. The summed E-state index contributed by atoms with van der Waals surface area (Å²) in [5.41, 5.74) is 3.53. The second kappa shape index (κ2) is 8.17. The summed E-state index contributed by atoms with van der Waals surface area (Å²) in [7, 11) is 1.68. The number of methoxy groups -OCH3 is 1. The number of hydrogen-bond donors (Lipinski definition) is 1. The Kier molecular flexibility index (Phi) is 5.71. The first-order valence-corrected chi connectivity index (χ1v) is 8.87. The maximum absolute atomic E-state index is 12.9. The summed E-state index contributed by atoms with van der Waals surface area (Å²) in [5, 5.41) is 3.40. The van der Waals surface area contributed by atoms with Gasteiger partial charge in [0.05, 0.1) is 13.2 Å². The lowest BCUT2D eigenvalue weighted by molar-refractivity contribution is -0.134. The fraction of sp³-hybridized carbons (Fsp3) is 0.381. The Hall–Kier alpha value is -2.33. The topological polar surface area (TPSA) is 41.6 Å². The Labute approximate surface area is 149 Å². The van der Waals surface area contributed by atoms with E-state index in [1.807, 2.05) is 23.1 Å². The second-order valence-electron chi connectivity index (χ2n) is 6.54. The number of amides is 1. The number of piperazine rings is 1. The van der Waals surface area contributed by atoms with Crippen LogP contribution in [-0.4, -0.2) is 37.6 Å². The number of ether oxygens (including phenoxy) is 1. The average molecular weight is 338 g/mol. The van der Waals surface area contributed by atoms with Crippen molar-refractivity contribution in [1.29, 1.82) is 0 Å². The van der Waals surface area contributed by atoms with E-state index in [0.29, 0.717) is 6.42 Å². The summed E-state index contributed by atoms with van der Waals surface area (Å²) < 4.78 is 5.50. The standard InChI is InChI=1S/C21H26N2O2/c1-16-6-5-7-17(14-16)10-11-21(24)23-13-12-22-15-19(23)18-8-3-4-9-20(18)25-2/h3-9,14,19,22H,10-13,15H2,1-2H3. The van der Waals surface area contributed by atoms with Crippen LogP contribution in [0.4, 0.5) is 0 Å². The summed E-state index contributed by atoms with van der Waals surface area (Å²) >= 11 is 0. The van der Waals surface area contributed by atoms with Crippen LogP contribution in [0.25, 0.3) is 0 Å². The van der Waals surface area contributed by atoms with Crippen LogP contribution >= 0.6 is 0 Å². The van der Waals surface area contributed by atoms with Gasteiger partial charge in [0.2, 0.25) is 5.91 Å². The minimum atomic E-state index is 0.0231. The van der Waals surface area contributed by atoms with Gasteiger partial charge < -0.3 is 15.0 Å². The van der Waals surface area contributed by atoms with Gasteiger partial charge >= 0.3 is 0 Å². The predicted molar refractivity (Wildman–Crippen MR) is 99.8 cm³/mol. The van der Waals surface area contributed by atoms with E-state index in [0.717, 1.165) is 37.4 Å². The van der Waals surface area contributed by atoms with Crippen molar-refractivity contribution in [2.24, 2.45) is 0 Å². The van der Waals surface area contributed by atoms with Gasteiger partial charge in [-0.1, -0.05) is 48.0 Å². The molecule has 1 heterocycles. The Morgan fingerprint density at radius 2 is 2.08 bits per heavy atom. The minimum Gasteiger partial charge on any atom is -0.496 e. The van der Waals surface area contributed by atoms with Crippen molar-refractivity contribution in [2.45, 2.75) is 25.8 Å². The van der Waals surface area contributed by atoms with Gasteiger partial charge in [-0.15, -0.1) is 0 Å². The third-order valence-corrected chi connectivity index (χ3v) is 4.77. The smallest absolute Gasteiger partial charge is 0.223 e. The molecule has 2 aromatic rings. The third kappa shape index (κ3) is 4.20. The normalized spacial score (nSPS) is 17.4. The van der Waals surface area contributed by atoms with Gasteiger partial charge in [0.25, 0.3) is 0 Å². The summed E-state index contributed by atoms with van der Waals surface area (Å²) in [5.74, 6) is 1.05. The van der Waals surface area contributed by atoms with E-state index in [4.69, 9.17) is 4.74 Å². The highest BCUT2D eigenvalue weighted by Gasteiger charge is 2.29. The van der Waals surface area contributed by atoms with E-state index < -0.39 is 0 Å². The van der Waals surface area contributed by atoms with E-state index in [1.165, 1.54) is 11.1 Å². The number of carbonyl (C=O) groups is 1. The molecule has 0 radical (unpaired) electrons. The number of hydrogen-bond acceptors (Lipinski definition) is 3. The molecule has 4 heteroatoms. The molecule has 1 unspecified atom stereocenters. The van der Waals surface area contributed by atoms with Gasteiger partial charge in [-0.3, -0.25) is 4.79 Å². The Morgan fingerprint density at radius 1 is 1.24 bits per heavy atom. The number of para-hydroxylation sites is 1. The molecule has 3 rings (SSSR count). The van der Waals surface area contributed by atoms with Gasteiger partial charge in [-0.25, -0.2) is 0 Å². The monoisotopic (exact) mass is 338 g/mol. The molecule has 1 fully saturated rings. The zero-order valence-electron chi connectivity index (χ0n) is 15.0. The molecule has 1 atom stereocenters. The number of aryl methyl sites for hydroxylation is 2. The summed E-state index contributed by atoms with van der Waals surface area (Å²) in [6, 6.07) is 16.4. The van der Waals surface area contributed by atoms with Gasteiger partial charge in [-0.05, 0) is 25.0 Å². The molecule has 2 aromatic carbocycles. The maximum Gasteiger partial charge on any atom is 0.223 e. The van der Waals surface area contributed by atoms with Gasteiger partial charge in [-0.2, -0.15) is 0 Å². The first kappa shape index (κ1) is 17.5. The van der Waals surface area contributed by atoms with Crippen molar-refractivity contribution >= 4 is 5.91 Å². The molecule has 0 saturated carbocycles. The Balaban J connectivity index is 1.73. The SMILES string of the molecule is COc1ccccc1C1CNCCN1C(=O)CCc1cccc(C)c1. The predicted octanol–water partition coefficient (Wildman–Crippen LogP) is 3.11. The van der Waals surface area contributed by atoms with Crippen LogP contribution in [0.3, 0.4) is 0 Å². The zero-order valence-corrected chi connectivity index (χ0v) is 15.0. The van der Waals surface area contributed by atoms with Crippen LogP contribution < -0.4 is 10.1 Å².